The van der Waals surface area contributed by atoms with Crippen molar-refractivity contribution in [2.24, 2.45) is 0 Å². The van der Waals surface area contributed by atoms with Gasteiger partial charge in [-0.05, 0) is 6.92 Å². The third kappa shape index (κ3) is 1.53. The number of hydrogen-bond acceptors (Lipinski definition) is 2. The van der Waals surface area contributed by atoms with Gasteiger partial charge in [-0.3, -0.25) is 4.79 Å². The SMILES string of the molecule is CC#CC1(O)c2ccccc2C(=O)c2ccccc21. The van der Waals surface area contributed by atoms with Crippen molar-refractivity contribution in [3.8, 4) is 11.8 Å². The molecular weight excluding hydrogens is 236 g/mol. The van der Waals surface area contributed by atoms with Crippen LogP contribution < -0.4 is 0 Å². The van der Waals surface area contributed by atoms with Crippen molar-refractivity contribution >= 4 is 5.78 Å². The molecule has 0 spiro atoms. The van der Waals surface area contributed by atoms with Gasteiger partial charge >= 0.3 is 0 Å². The fourth-order valence-electron chi connectivity index (χ4n) is 2.60. The van der Waals surface area contributed by atoms with Gasteiger partial charge in [-0.15, -0.1) is 5.92 Å². The summed E-state index contributed by atoms with van der Waals surface area (Å²) in [4.78, 5) is 12.4. The molecule has 1 aliphatic carbocycles. The van der Waals surface area contributed by atoms with Crippen LogP contribution in [0.5, 0.6) is 0 Å². The third-order valence-corrected chi connectivity index (χ3v) is 3.43. The molecule has 92 valence electrons. The molecule has 0 saturated carbocycles. The van der Waals surface area contributed by atoms with Crippen LogP contribution in [0, 0.1) is 11.8 Å². The summed E-state index contributed by atoms with van der Waals surface area (Å²) in [6.45, 7) is 1.68. The average molecular weight is 248 g/mol. The van der Waals surface area contributed by atoms with E-state index in [4.69, 9.17) is 0 Å². The van der Waals surface area contributed by atoms with Crippen LogP contribution in [-0.4, -0.2) is 10.9 Å². The lowest BCUT2D eigenvalue weighted by molar-refractivity contribution is 0.0980. The highest BCUT2D eigenvalue weighted by molar-refractivity contribution is 6.13. The normalized spacial score (nSPS) is 14.9. The minimum Gasteiger partial charge on any atom is -0.369 e. The maximum Gasteiger partial charge on any atom is 0.193 e. The minimum absolute atomic E-state index is 0.0613. The van der Waals surface area contributed by atoms with E-state index in [1.807, 2.05) is 12.1 Å². The topological polar surface area (TPSA) is 37.3 Å². The second-order valence-corrected chi connectivity index (χ2v) is 4.51. The first-order valence-electron chi connectivity index (χ1n) is 6.08. The van der Waals surface area contributed by atoms with Crippen LogP contribution in [0.15, 0.2) is 48.5 Å². The monoisotopic (exact) mass is 248 g/mol. The molecule has 1 aliphatic rings. The zero-order chi connectivity index (χ0) is 13.5. The Morgan fingerprint density at radius 3 is 1.89 bits per heavy atom. The number of hydrogen-bond donors (Lipinski definition) is 1. The van der Waals surface area contributed by atoms with Gasteiger partial charge < -0.3 is 5.11 Å². The number of rotatable bonds is 0. The molecule has 0 radical (unpaired) electrons. The molecule has 2 heteroatoms. The van der Waals surface area contributed by atoms with Gasteiger partial charge in [-0.25, -0.2) is 0 Å². The van der Waals surface area contributed by atoms with Crippen LogP contribution in [0.4, 0.5) is 0 Å². The van der Waals surface area contributed by atoms with Gasteiger partial charge in [-0.2, -0.15) is 0 Å². The van der Waals surface area contributed by atoms with Crippen LogP contribution in [0.2, 0.25) is 0 Å². The molecule has 2 nitrogen and oxygen atoms in total. The number of ketones is 1. The zero-order valence-electron chi connectivity index (χ0n) is 10.5. The van der Waals surface area contributed by atoms with Gasteiger partial charge in [-0.1, -0.05) is 54.5 Å². The lowest BCUT2D eigenvalue weighted by atomic mass is 9.74. The number of carbonyl (C=O) groups excluding carboxylic acids is 1. The highest BCUT2D eigenvalue weighted by atomic mass is 16.3. The van der Waals surface area contributed by atoms with Crippen LogP contribution in [0.3, 0.4) is 0 Å². The molecule has 1 N–H and O–H groups in total. The molecule has 0 heterocycles. The average Bonchev–Trinajstić information content (AvgIpc) is 2.46. The third-order valence-electron chi connectivity index (χ3n) is 3.43. The highest BCUT2D eigenvalue weighted by Crippen LogP contribution is 2.39. The van der Waals surface area contributed by atoms with Crippen molar-refractivity contribution in [3.63, 3.8) is 0 Å². The van der Waals surface area contributed by atoms with Crippen LogP contribution >= 0.6 is 0 Å². The van der Waals surface area contributed by atoms with E-state index >= 15 is 0 Å². The fraction of sp³-hybridized carbons (Fsp3) is 0.118. The molecule has 0 aromatic heterocycles. The first-order valence-corrected chi connectivity index (χ1v) is 6.08. The lowest BCUT2D eigenvalue weighted by Crippen LogP contribution is -2.34. The summed E-state index contributed by atoms with van der Waals surface area (Å²) in [7, 11) is 0. The molecule has 0 aliphatic heterocycles. The van der Waals surface area contributed by atoms with Gasteiger partial charge in [0.2, 0.25) is 0 Å². The second-order valence-electron chi connectivity index (χ2n) is 4.51. The van der Waals surface area contributed by atoms with Crippen LogP contribution in [0.25, 0.3) is 0 Å². The molecular formula is C17H12O2. The largest absolute Gasteiger partial charge is 0.369 e. The molecule has 2 aromatic carbocycles. The van der Waals surface area contributed by atoms with Gasteiger partial charge in [0, 0.05) is 22.3 Å². The molecule has 0 saturated heterocycles. The van der Waals surface area contributed by atoms with Crippen molar-refractivity contribution in [2.75, 3.05) is 0 Å². The Hall–Kier alpha value is -2.37. The van der Waals surface area contributed by atoms with E-state index < -0.39 is 5.60 Å². The van der Waals surface area contributed by atoms with Crippen molar-refractivity contribution in [1.29, 1.82) is 0 Å². The molecule has 0 fully saturated rings. The molecule has 2 aromatic rings. The Balaban J connectivity index is 2.42. The first kappa shape index (κ1) is 11.7. The number of carbonyl (C=O) groups is 1. The summed E-state index contributed by atoms with van der Waals surface area (Å²) in [6.07, 6.45) is 0. The van der Waals surface area contributed by atoms with E-state index in [-0.39, 0.29) is 5.78 Å². The van der Waals surface area contributed by atoms with Crippen molar-refractivity contribution < 1.29 is 9.90 Å². The quantitative estimate of drug-likeness (QED) is 0.727. The van der Waals surface area contributed by atoms with Gasteiger partial charge in [0.05, 0.1) is 0 Å². The van der Waals surface area contributed by atoms with E-state index in [1.165, 1.54) is 0 Å². The summed E-state index contributed by atoms with van der Waals surface area (Å²) in [5.74, 6) is 5.55. The Labute approximate surface area is 111 Å². The van der Waals surface area contributed by atoms with Crippen LogP contribution in [0.1, 0.15) is 34.0 Å². The van der Waals surface area contributed by atoms with E-state index in [0.29, 0.717) is 22.3 Å². The predicted octanol–water partition coefficient (Wildman–Crippen LogP) is 2.49. The molecule has 3 rings (SSSR count). The molecule has 0 unspecified atom stereocenters. The Kier molecular flexibility index (Phi) is 2.51. The Morgan fingerprint density at radius 2 is 1.42 bits per heavy atom. The Bertz CT molecular complexity index is 683. The summed E-state index contributed by atoms with van der Waals surface area (Å²) in [5.41, 5.74) is 0.759. The number of benzene rings is 2. The summed E-state index contributed by atoms with van der Waals surface area (Å²) >= 11 is 0. The van der Waals surface area contributed by atoms with Gasteiger partial charge in [0.15, 0.2) is 11.4 Å². The lowest BCUT2D eigenvalue weighted by Gasteiger charge is -2.31. The highest BCUT2D eigenvalue weighted by Gasteiger charge is 2.40. The number of aliphatic hydroxyl groups is 1. The zero-order valence-corrected chi connectivity index (χ0v) is 10.5. The van der Waals surface area contributed by atoms with Crippen LogP contribution in [-0.2, 0) is 5.60 Å². The maximum absolute atomic E-state index is 12.4. The first-order chi connectivity index (χ1) is 9.18. The molecule has 0 amide bonds. The predicted molar refractivity (Wildman–Crippen MR) is 72.8 cm³/mol. The fourth-order valence-corrected chi connectivity index (χ4v) is 2.60. The molecule has 0 atom stereocenters. The maximum atomic E-state index is 12.4. The summed E-state index contributed by atoms with van der Waals surface area (Å²) in [6, 6.07) is 14.2. The van der Waals surface area contributed by atoms with Crippen molar-refractivity contribution in [2.45, 2.75) is 12.5 Å². The summed E-state index contributed by atoms with van der Waals surface area (Å²) in [5, 5.41) is 11.0. The van der Waals surface area contributed by atoms with E-state index in [1.54, 1.807) is 43.3 Å². The second kappa shape index (κ2) is 4.08. The molecule has 0 bridgehead atoms. The van der Waals surface area contributed by atoms with E-state index in [2.05, 4.69) is 11.8 Å². The smallest absolute Gasteiger partial charge is 0.193 e. The number of fused-ring (bicyclic) bond motifs is 2. The Morgan fingerprint density at radius 1 is 0.947 bits per heavy atom. The van der Waals surface area contributed by atoms with E-state index in [9.17, 15) is 9.90 Å². The van der Waals surface area contributed by atoms with Crippen molar-refractivity contribution in [3.05, 3.63) is 70.8 Å². The minimum atomic E-state index is -1.41. The van der Waals surface area contributed by atoms with Gasteiger partial charge in [0.25, 0.3) is 0 Å². The van der Waals surface area contributed by atoms with Crippen molar-refractivity contribution in [1.82, 2.24) is 0 Å². The summed E-state index contributed by atoms with van der Waals surface area (Å²) < 4.78 is 0. The standard InChI is InChI=1S/C17H12O2/c1-2-11-17(19)14-9-5-3-7-12(14)16(18)13-8-4-6-10-15(13)17/h3-10,19H,1H3. The van der Waals surface area contributed by atoms with E-state index in [0.717, 1.165) is 0 Å². The molecule has 19 heavy (non-hydrogen) atoms. The van der Waals surface area contributed by atoms with Gasteiger partial charge in [0.1, 0.15) is 0 Å².